The van der Waals surface area contributed by atoms with Gasteiger partial charge in [-0.05, 0) is 19.4 Å². The predicted octanol–water partition coefficient (Wildman–Crippen LogP) is 1.42. The zero-order valence-corrected chi connectivity index (χ0v) is 13.2. The zero-order valence-electron chi connectivity index (χ0n) is 13.2. The van der Waals surface area contributed by atoms with Crippen molar-refractivity contribution in [3.05, 3.63) is 35.6 Å². The Kier molecular flexibility index (Phi) is 5.33. The van der Waals surface area contributed by atoms with Crippen molar-refractivity contribution < 1.29 is 23.8 Å². The van der Waals surface area contributed by atoms with E-state index >= 15 is 0 Å². The zero-order chi connectivity index (χ0) is 17.0. The third kappa shape index (κ3) is 3.86. The van der Waals surface area contributed by atoms with Gasteiger partial charge in [0.25, 0.3) is 5.91 Å². The molecular weight excluding hydrogens is 303 g/mol. The monoisotopic (exact) mass is 324 g/mol. The van der Waals surface area contributed by atoms with Gasteiger partial charge in [0.15, 0.2) is 0 Å². The molecule has 0 radical (unpaired) electrons. The average Bonchev–Trinajstić information content (AvgIpc) is 2.73. The molecule has 6 nitrogen and oxygen atoms in total. The lowest BCUT2D eigenvalue weighted by atomic mass is 9.99. The van der Waals surface area contributed by atoms with Crippen molar-refractivity contribution >= 4 is 11.9 Å². The molecular formula is C16H21FN2O4. The summed E-state index contributed by atoms with van der Waals surface area (Å²) < 4.78 is 18.7. The number of ether oxygens (including phenoxy) is 1. The van der Waals surface area contributed by atoms with E-state index in [1.54, 1.807) is 32.0 Å². The summed E-state index contributed by atoms with van der Waals surface area (Å²) in [5, 5.41) is 12.6. The third-order valence-electron chi connectivity index (χ3n) is 3.97. The number of amides is 3. The highest BCUT2D eigenvalue weighted by atomic mass is 19.1. The van der Waals surface area contributed by atoms with E-state index in [0.29, 0.717) is 12.0 Å². The summed E-state index contributed by atoms with van der Waals surface area (Å²) in [6.45, 7) is 3.20. The minimum atomic E-state index is -1.03. The van der Waals surface area contributed by atoms with Crippen LogP contribution in [0.4, 0.5) is 9.18 Å². The van der Waals surface area contributed by atoms with E-state index in [1.807, 2.05) is 0 Å². The van der Waals surface area contributed by atoms with Crippen molar-refractivity contribution in [2.24, 2.45) is 0 Å². The molecule has 0 aliphatic carbocycles. The number of nitrogens with zero attached hydrogens (tertiary/aromatic N) is 1. The second-order valence-corrected chi connectivity index (χ2v) is 5.79. The van der Waals surface area contributed by atoms with Crippen molar-refractivity contribution in [1.29, 1.82) is 0 Å². The molecule has 0 bridgehead atoms. The molecule has 126 valence electrons. The summed E-state index contributed by atoms with van der Waals surface area (Å²) in [5.41, 5.74) is -0.543. The molecule has 1 fully saturated rings. The molecule has 1 aliphatic heterocycles. The van der Waals surface area contributed by atoms with Crippen LogP contribution in [-0.4, -0.2) is 46.7 Å². The normalized spacial score (nSPS) is 22.3. The summed E-state index contributed by atoms with van der Waals surface area (Å²) in [6.07, 6.45) is -0.566. The SMILES string of the molecule is CCC1(C)NC(=O)N(CC(O)COCc2ccccc2F)C1=O. The molecule has 1 aliphatic rings. The first kappa shape index (κ1) is 17.4. The number of hydrogen-bond donors (Lipinski definition) is 2. The molecule has 1 aromatic carbocycles. The Bertz CT molecular complexity index is 595. The van der Waals surface area contributed by atoms with Crippen molar-refractivity contribution in [2.75, 3.05) is 13.2 Å². The molecule has 23 heavy (non-hydrogen) atoms. The van der Waals surface area contributed by atoms with Gasteiger partial charge in [0.2, 0.25) is 0 Å². The van der Waals surface area contributed by atoms with Gasteiger partial charge >= 0.3 is 6.03 Å². The molecule has 1 heterocycles. The number of halogens is 1. The number of rotatable bonds is 7. The minimum absolute atomic E-state index is 0.0105. The summed E-state index contributed by atoms with van der Waals surface area (Å²) in [4.78, 5) is 25.0. The predicted molar refractivity (Wildman–Crippen MR) is 81.0 cm³/mol. The molecule has 2 atom stereocenters. The first-order valence-corrected chi connectivity index (χ1v) is 7.50. The van der Waals surface area contributed by atoms with E-state index in [0.717, 1.165) is 4.90 Å². The van der Waals surface area contributed by atoms with E-state index in [1.165, 1.54) is 6.07 Å². The lowest BCUT2D eigenvalue weighted by Gasteiger charge is -2.21. The Morgan fingerprint density at radius 1 is 1.39 bits per heavy atom. The highest BCUT2D eigenvalue weighted by molar-refractivity contribution is 6.06. The van der Waals surface area contributed by atoms with Crippen LogP contribution in [-0.2, 0) is 16.1 Å². The lowest BCUT2D eigenvalue weighted by molar-refractivity contribution is -0.132. The molecule has 0 spiro atoms. The fourth-order valence-electron chi connectivity index (χ4n) is 2.34. The van der Waals surface area contributed by atoms with Crippen molar-refractivity contribution in [3.63, 3.8) is 0 Å². The van der Waals surface area contributed by atoms with Crippen LogP contribution in [0.2, 0.25) is 0 Å². The second kappa shape index (κ2) is 7.06. The highest BCUT2D eigenvalue weighted by Gasteiger charge is 2.46. The third-order valence-corrected chi connectivity index (χ3v) is 3.97. The number of nitrogens with one attached hydrogen (secondary N) is 1. The molecule has 7 heteroatoms. The first-order valence-electron chi connectivity index (χ1n) is 7.50. The maximum Gasteiger partial charge on any atom is 0.325 e. The quantitative estimate of drug-likeness (QED) is 0.744. The Labute approximate surface area is 134 Å². The Balaban J connectivity index is 1.83. The van der Waals surface area contributed by atoms with Crippen LogP contribution in [0.1, 0.15) is 25.8 Å². The topological polar surface area (TPSA) is 78.9 Å². The van der Waals surface area contributed by atoms with E-state index in [-0.39, 0.29) is 31.5 Å². The Morgan fingerprint density at radius 2 is 2.09 bits per heavy atom. The van der Waals surface area contributed by atoms with Crippen LogP contribution in [0.25, 0.3) is 0 Å². The Hall–Kier alpha value is -1.99. The first-order chi connectivity index (χ1) is 10.9. The van der Waals surface area contributed by atoms with E-state index in [2.05, 4.69) is 5.32 Å². The van der Waals surface area contributed by atoms with Gasteiger partial charge in [-0.2, -0.15) is 0 Å². The molecule has 3 amide bonds. The summed E-state index contributed by atoms with van der Waals surface area (Å²) in [7, 11) is 0. The van der Waals surface area contributed by atoms with Gasteiger partial charge in [-0.25, -0.2) is 9.18 Å². The maximum atomic E-state index is 13.4. The molecule has 1 aromatic rings. The van der Waals surface area contributed by atoms with Crippen molar-refractivity contribution in [1.82, 2.24) is 10.2 Å². The summed E-state index contributed by atoms with van der Waals surface area (Å²) in [6, 6.07) is 5.67. The molecule has 2 unspecified atom stereocenters. The van der Waals surface area contributed by atoms with E-state index < -0.39 is 17.7 Å². The summed E-state index contributed by atoms with van der Waals surface area (Å²) >= 11 is 0. The van der Waals surface area contributed by atoms with Crippen LogP contribution < -0.4 is 5.32 Å². The van der Waals surface area contributed by atoms with Gasteiger partial charge in [0.05, 0.1) is 25.9 Å². The molecule has 1 saturated heterocycles. The Morgan fingerprint density at radius 3 is 2.70 bits per heavy atom. The largest absolute Gasteiger partial charge is 0.389 e. The number of hydrogen-bond acceptors (Lipinski definition) is 4. The van der Waals surface area contributed by atoms with Gasteiger partial charge in [-0.15, -0.1) is 0 Å². The number of aliphatic hydroxyl groups is 1. The van der Waals surface area contributed by atoms with Crippen LogP contribution in [0.15, 0.2) is 24.3 Å². The number of imide groups is 1. The number of carbonyl (C=O) groups is 2. The maximum absolute atomic E-state index is 13.4. The highest BCUT2D eigenvalue weighted by Crippen LogP contribution is 2.21. The van der Waals surface area contributed by atoms with E-state index in [9.17, 15) is 19.1 Å². The molecule has 2 rings (SSSR count). The van der Waals surface area contributed by atoms with E-state index in [4.69, 9.17) is 4.74 Å². The van der Waals surface area contributed by atoms with Crippen LogP contribution >= 0.6 is 0 Å². The number of urea groups is 1. The van der Waals surface area contributed by atoms with Crippen LogP contribution in [0.5, 0.6) is 0 Å². The van der Waals surface area contributed by atoms with Gasteiger partial charge in [-0.1, -0.05) is 25.1 Å². The number of aliphatic hydroxyl groups excluding tert-OH is 1. The van der Waals surface area contributed by atoms with Crippen molar-refractivity contribution in [3.8, 4) is 0 Å². The molecule has 0 saturated carbocycles. The van der Waals surface area contributed by atoms with Gasteiger partial charge in [-0.3, -0.25) is 9.69 Å². The minimum Gasteiger partial charge on any atom is -0.389 e. The fraction of sp³-hybridized carbons (Fsp3) is 0.500. The number of carbonyl (C=O) groups excluding carboxylic acids is 2. The molecule has 0 aromatic heterocycles. The average molecular weight is 324 g/mol. The van der Waals surface area contributed by atoms with Gasteiger partial charge < -0.3 is 15.2 Å². The fourth-order valence-corrected chi connectivity index (χ4v) is 2.34. The molecule has 2 N–H and O–H groups in total. The standard InChI is InChI=1S/C16H21FN2O4/c1-3-16(2)14(21)19(15(22)18-16)8-12(20)10-23-9-11-6-4-5-7-13(11)17/h4-7,12,20H,3,8-10H2,1-2H3,(H,18,22). The van der Waals surface area contributed by atoms with Gasteiger partial charge in [0, 0.05) is 5.56 Å². The van der Waals surface area contributed by atoms with Crippen molar-refractivity contribution in [2.45, 2.75) is 38.5 Å². The van der Waals surface area contributed by atoms with Gasteiger partial charge in [0.1, 0.15) is 11.4 Å². The second-order valence-electron chi connectivity index (χ2n) is 5.79. The number of benzene rings is 1. The lowest BCUT2D eigenvalue weighted by Crippen LogP contribution is -2.44. The van der Waals surface area contributed by atoms with Crippen LogP contribution in [0.3, 0.4) is 0 Å². The van der Waals surface area contributed by atoms with Crippen LogP contribution in [0, 0.1) is 5.82 Å². The summed E-state index contributed by atoms with van der Waals surface area (Å²) in [5.74, 6) is -0.743. The smallest absolute Gasteiger partial charge is 0.325 e. The number of β-amino-alcohol motifs (C(OH)–C–C–N with tert-alkyl or cyclic N) is 1.